The summed E-state index contributed by atoms with van der Waals surface area (Å²) in [5, 5.41) is 6.61. The molecule has 4 rings (SSSR count). The fraction of sp³-hybridized carbons (Fsp3) is 0.333. The number of fused-ring (bicyclic) bond motifs is 1. The Kier molecular flexibility index (Phi) is 5.59. The number of hydrogen-bond acceptors (Lipinski definition) is 5. The van der Waals surface area contributed by atoms with Crippen molar-refractivity contribution in [3.63, 3.8) is 0 Å². The molecule has 156 valence electrons. The molecule has 2 aromatic carbocycles. The van der Waals surface area contributed by atoms with Crippen LogP contribution < -0.4 is 15.4 Å². The van der Waals surface area contributed by atoms with Crippen LogP contribution in [0.2, 0.25) is 0 Å². The first-order valence-electron chi connectivity index (χ1n) is 10.3. The number of piperidine rings is 1. The Labute approximate surface area is 176 Å². The number of ether oxygens (including phenoxy) is 1. The lowest BCUT2D eigenvalue weighted by molar-refractivity contribution is -0.110. The van der Waals surface area contributed by atoms with E-state index in [1.165, 1.54) is 6.92 Å². The van der Waals surface area contributed by atoms with E-state index < -0.39 is 0 Å². The van der Waals surface area contributed by atoms with Gasteiger partial charge >= 0.3 is 0 Å². The number of ketones is 1. The number of nitrogens with one attached hydrogen (secondary N) is 2. The number of Topliss-reactive ketones (excluding diaryl/α,β-unsaturated/α-hetero) is 1. The molecule has 2 aromatic rings. The summed E-state index contributed by atoms with van der Waals surface area (Å²) in [5.74, 6) is 0.584. The van der Waals surface area contributed by atoms with Crippen LogP contribution in [0.5, 0.6) is 5.75 Å². The van der Waals surface area contributed by atoms with E-state index in [0.717, 1.165) is 54.2 Å². The van der Waals surface area contributed by atoms with Crippen molar-refractivity contribution >= 4 is 28.6 Å². The highest BCUT2D eigenvalue weighted by Gasteiger charge is 2.30. The quantitative estimate of drug-likeness (QED) is 0.589. The van der Waals surface area contributed by atoms with Gasteiger partial charge in [0.1, 0.15) is 5.75 Å². The molecular formula is C24H27N3O3. The highest BCUT2D eigenvalue weighted by Crippen LogP contribution is 2.37. The molecule has 0 atom stereocenters. The van der Waals surface area contributed by atoms with Crippen LogP contribution in [0.25, 0.3) is 11.3 Å². The van der Waals surface area contributed by atoms with Gasteiger partial charge in [-0.2, -0.15) is 0 Å². The summed E-state index contributed by atoms with van der Waals surface area (Å²) < 4.78 is 5.30. The van der Waals surface area contributed by atoms with Crippen molar-refractivity contribution in [2.24, 2.45) is 0 Å². The van der Waals surface area contributed by atoms with E-state index in [1.54, 1.807) is 19.2 Å². The van der Waals surface area contributed by atoms with Gasteiger partial charge in [0, 0.05) is 22.9 Å². The van der Waals surface area contributed by atoms with E-state index in [0.29, 0.717) is 11.1 Å². The second-order valence-electron chi connectivity index (χ2n) is 7.97. The fourth-order valence-corrected chi connectivity index (χ4v) is 4.05. The number of anilines is 1. The number of hydrogen-bond donors (Lipinski definition) is 2. The van der Waals surface area contributed by atoms with E-state index in [2.05, 4.69) is 22.6 Å². The average molecular weight is 405 g/mol. The molecule has 0 radical (unpaired) electrons. The Morgan fingerprint density at radius 2 is 1.77 bits per heavy atom. The third-order valence-corrected chi connectivity index (χ3v) is 5.87. The topological polar surface area (TPSA) is 70.7 Å². The largest absolute Gasteiger partial charge is 0.497 e. The van der Waals surface area contributed by atoms with Crippen LogP contribution in [-0.4, -0.2) is 49.9 Å². The minimum Gasteiger partial charge on any atom is -0.497 e. The minimum atomic E-state index is -0.156. The zero-order valence-electron chi connectivity index (χ0n) is 17.6. The molecule has 2 aliphatic rings. The van der Waals surface area contributed by atoms with Gasteiger partial charge in [-0.05, 0) is 87.9 Å². The standard InChI is InChI=1S/C24H27N3O3/c1-15(28)17-6-9-21-20(14-17)22(24(29)26-21)23(16-4-7-19(30-3)8-5-16)25-18-10-12-27(2)13-11-18/h4-9,14,18,25H,10-13H2,1-3H3,(H,26,29)/b23-22-. The number of amides is 1. The summed E-state index contributed by atoms with van der Waals surface area (Å²) in [6.45, 7) is 3.57. The SMILES string of the molecule is COc1ccc(/C(NC2CCN(C)CC2)=C2/C(=O)Nc3ccc(C(C)=O)cc32)cc1. The molecule has 1 amide bonds. The lowest BCUT2D eigenvalue weighted by atomic mass is 9.96. The van der Waals surface area contributed by atoms with Gasteiger partial charge in [-0.3, -0.25) is 9.59 Å². The van der Waals surface area contributed by atoms with E-state index in [4.69, 9.17) is 4.74 Å². The molecule has 2 aliphatic heterocycles. The first-order chi connectivity index (χ1) is 14.5. The third kappa shape index (κ3) is 3.96. The first-order valence-corrected chi connectivity index (χ1v) is 10.3. The van der Waals surface area contributed by atoms with Crippen molar-refractivity contribution in [2.75, 3.05) is 32.6 Å². The fourth-order valence-electron chi connectivity index (χ4n) is 4.05. The van der Waals surface area contributed by atoms with Crippen molar-refractivity contribution < 1.29 is 14.3 Å². The maximum atomic E-state index is 13.0. The Bertz CT molecular complexity index is 1000. The van der Waals surface area contributed by atoms with E-state index in [1.807, 2.05) is 30.3 Å². The van der Waals surface area contributed by atoms with Gasteiger partial charge in [0.2, 0.25) is 0 Å². The summed E-state index contributed by atoms with van der Waals surface area (Å²) in [7, 11) is 3.76. The average Bonchev–Trinajstić information content (AvgIpc) is 3.08. The summed E-state index contributed by atoms with van der Waals surface area (Å²) in [6, 6.07) is 13.4. The van der Waals surface area contributed by atoms with Gasteiger partial charge in [0.05, 0.1) is 18.4 Å². The summed E-state index contributed by atoms with van der Waals surface area (Å²) in [6.07, 6.45) is 2.01. The number of methoxy groups -OCH3 is 1. The molecule has 30 heavy (non-hydrogen) atoms. The van der Waals surface area contributed by atoms with Crippen molar-refractivity contribution in [2.45, 2.75) is 25.8 Å². The van der Waals surface area contributed by atoms with Crippen molar-refractivity contribution in [1.82, 2.24) is 10.2 Å². The zero-order chi connectivity index (χ0) is 21.3. The van der Waals surface area contributed by atoms with Crippen LogP contribution in [0.15, 0.2) is 42.5 Å². The minimum absolute atomic E-state index is 0.0224. The van der Waals surface area contributed by atoms with Crippen LogP contribution in [0, 0.1) is 0 Å². The molecule has 0 spiro atoms. The van der Waals surface area contributed by atoms with Crippen molar-refractivity contribution in [1.29, 1.82) is 0 Å². The van der Waals surface area contributed by atoms with Crippen molar-refractivity contribution in [3.05, 3.63) is 59.2 Å². The van der Waals surface area contributed by atoms with Gasteiger partial charge in [-0.15, -0.1) is 0 Å². The second kappa shape index (κ2) is 8.32. The highest BCUT2D eigenvalue weighted by atomic mass is 16.5. The lowest BCUT2D eigenvalue weighted by Gasteiger charge is -2.31. The number of likely N-dealkylation sites (tertiary alicyclic amines) is 1. The number of carbonyl (C=O) groups is 2. The molecule has 0 unspecified atom stereocenters. The molecule has 2 heterocycles. The molecular weight excluding hydrogens is 378 g/mol. The molecule has 6 heteroatoms. The van der Waals surface area contributed by atoms with Crippen LogP contribution in [0.4, 0.5) is 5.69 Å². The third-order valence-electron chi connectivity index (χ3n) is 5.87. The van der Waals surface area contributed by atoms with Crippen LogP contribution in [0.3, 0.4) is 0 Å². The molecule has 1 fully saturated rings. The van der Waals surface area contributed by atoms with E-state index in [-0.39, 0.29) is 17.7 Å². The zero-order valence-corrected chi connectivity index (χ0v) is 17.6. The van der Waals surface area contributed by atoms with Gasteiger partial charge < -0.3 is 20.3 Å². The normalized spacial score (nSPS) is 18.6. The Morgan fingerprint density at radius 3 is 2.40 bits per heavy atom. The van der Waals surface area contributed by atoms with E-state index in [9.17, 15) is 9.59 Å². The second-order valence-corrected chi connectivity index (χ2v) is 7.97. The molecule has 2 N–H and O–H groups in total. The van der Waals surface area contributed by atoms with Crippen LogP contribution in [-0.2, 0) is 4.79 Å². The van der Waals surface area contributed by atoms with Gasteiger partial charge in [-0.25, -0.2) is 0 Å². The molecule has 1 saturated heterocycles. The predicted molar refractivity (Wildman–Crippen MR) is 119 cm³/mol. The predicted octanol–water partition coefficient (Wildman–Crippen LogP) is 3.40. The number of nitrogens with zero attached hydrogens (tertiary/aromatic N) is 1. The number of benzene rings is 2. The lowest BCUT2D eigenvalue weighted by Crippen LogP contribution is -2.40. The summed E-state index contributed by atoms with van der Waals surface area (Å²) >= 11 is 0. The van der Waals surface area contributed by atoms with Gasteiger partial charge in [0.25, 0.3) is 5.91 Å². The molecule has 0 saturated carbocycles. The number of rotatable bonds is 5. The molecule has 0 aromatic heterocycles. The van der Waals surface area contributed by atoms with Crippen LogP contribution >= 0.6 is 0 Å². The maximum absolute atomic E-state index is 13.0. The van der Waals surface area contributed by atoms with Crippen molar-refractivity contribution in [3.8, 4) is 5.75 Å². The Hall–Kier alpha value is -3.12. The highest BCUT2D eigenvalue weighted by molar-refractivity contribution is 6.36. The monoisotopic (exact) mass is 405 g/mol. The number of carbonyl (C=O) groups excluding carboxylic acids is 2. The summed E-state index contributed by atoms with van der Waals surface area (Å²) in [5.41, 5.74) is 4.38. The smallest absolute Gasteiger partial charge is 0.258 e. The Balaban J connectivity index is 1.82. The Morgan fingerprint density at radius 1 is 1.10 bits per heavy atom. The molecule has 0 aliphatic carbocycles. The molecule has 0 bridgehead atoms. The summed E-state index contributed by atoms with van der Waals surface area (Å²) in [4.78, 5) is 27.3. The maximum Gasteiger partial charge on any atom is 0.258 e. The first kappa shape index (κ1) is 20.2. The van der Waals surface area contributed by atoms with Gasteiger partial charge in [0.15, 0.2) is 5.78 Å². The van der Waals surface area contributed by atoms with Crippen LogP contribution in [0.1, 0.15) is 41.3 Å². The van der Waals surface area contributed by atoms with E-state index >= 15 is 0 Å². The molecule has 6 nitrogen and oxygen atoms in total. The van der Waals surface area contributed by atoms with Gasteiger partial charge in [-0.1, -0.05) is 0 Å².